The first kappa shape index (κ1) is 16.1. The summed E-state index contributed by atoms with van der Waals surface area (Å²) in [6.07, 6.45) is 0.318. The van der Waals surface area contributed by atoms with Gasteiger partial charge in [0.1, 0.15) is 12.3 Å². The molecule has 1 atom stereocenters. The molecule has 7 nitrogen and oxygen atoms in total. The maximum absolute atomic E-state index is 12.4. The Morgan fingerprint density at radius 2 is 2.00 bits per heavy atom. The van der Waals surface area contributed by atoms with E-state index < -0.39 is 13.6 Å². The van der Waals surface area contributed by atoms with Gasteiger partial charge in [-0.05, 0) is 20.3 Å². The van der Waals surface area contributed by atoms with Crippen molar-refractivity contribution >= 4 is 19.4 Å². The lowest BCUT2D eigenvalue weighted by Crippen LogP contribution is -2.44. The maximum Gasteiger partial charge on any atom is 0.349 e. The van der Waals surface area contributed by atoms with Crippen molar-refractivity contribution in [2.24, 2.45) is 0 Å². The van der Waals surface area contributed by atoms with Crippen molar-refractivity contribution in [2.75, 3.05) is 26.0 Å². The Bertz CT molecular complexity index is 377. The lowest BCUT2D eigenvalue weighted by Gasteiger charge is -2.29. The third-order valence-electron chi connectivity index (χ3n) is 2.78. The fourth-order valence-corrected chi connectivity index (χ4v) is 3.79. The summed E-state index contributed by atoms with van der Waals surface area (Å²) in [5.74, 6) is -0.545. The van der Waals surface area contributed by atoms with Crippen LogP contribution in [-0.2, 0) is 23.2 Å². The van der Waals surface area contributed by atoms with Crippen LogP contribution in [0.5, 0.6) is 0 Å². The summed E-state index contributed by atoms with van der Waals surface area (Å²) >= 11 is 0. The zero-order chi connectivity index (χ0) is 14.5. The number of nitrogens with zero attached hydrogens (tertiary/aromatic N) is 1. The zero-order valence-corrected chi connectivity index (χ0v) is 12.4. The summed E-state index contributed by atoms with van der Waals surface area (Å²) < 4.78 is 22.7. The van der Waals surface area contributed by atoms with Crippen molar-refractivity contribution < 1.29 is 23.2 Å². The van der Waals surface area contributed by atoms with E-state index in [9.17, 15) is 14.2 Å². The van der Waals surface area contributed by atoms with E-state index in [0.29, 0.717) is 13.0 Å². The first-order chi connectivity index (χ1) is 8.93. The van der Waals surface area contributed by atoms with Crippen molar-refractivity contribution in [3.63, 3.8) is 0 Å². The molecule has 1 fully saturated rings. The number of carbonyl (C=O) groups is 2. The van der Waals surface area contributed by atoms with E-state index in [1.165, 1.54) is 11.8 Å². The summed E-state index contributed by atoms with van der Waals surface area (Å²) in [5.41, 5.74) is 0. The molecule has 0 spiro atoms. The van der Waals surface area contributed by atoms with Gasteiger partial charge in [0.25, 0.3) is 0 Å². The molecule has 0 aliphatic carbocycles. The highest BCUT2D eigenvalue weighted by Gasteiger charge is 2.37. The molecule has 0 saturated carbocycles. The number of rotatable bonds is 7. The average molecular weight is 292 g/mol. The molecule has 8 heteroatoms. The molecule has 0 bridgehead atoms. The molecule has 0 radical (unpaired) electrons. The van der Waals surface area contributed by atoms with E-state index >= 15 is 0 Å². The first-order valence-corrected chi connectivity index (χ1v) is 8.09. The number of hydrogen-bond acceptors (Lipinski definition) is 5. The highest BCUT2D eigenvalue weighted by molar-refractivity contribution is 7.53. The van der Waals surface area contributed by atoms with Gasteiger partial charge in [-0.3, -0.25) is 14.2 Å². The topological polar surface area (TPSA) is 84.9 Å². The molecule has 110 valence electrons. The number of hydrogen-bond donors (Lipinski definition) is 1. The molecule has 1 rings (SSSR count). The largest absolute Gasteiger partial charge is 0.354 e. The lowest BCUT2D eigenvalue weighted by molar-refractivity contribution is -0.136. The minimum Gasteiger partial charge on any atom is -0.354 e. The van der Waals surface area contributed by atoms with Crippen molar-refractivity contribution in [1.29, 1.82) is 0 Å². The second kappa shape index (κ2) is 7.03. The standard InChI is InChI=1S/C11H21N2O5P/c1-4-17-19(16,18-5-2)8-13(9(3)14)10-6-7-12-11(10)15/h10H,4-8H2,1-3H3,(H,12,15). The second-order valence-electron chi connectivity index (χ2n) is 4.17. The quantitative estimate of drug-likeness (QED) is 0.706. The molecule has 1 saturated heterocycles. The molecule has 0 aromatic carbocycles. The van der Waals surface area contributed by atoms with E-state index in [-0.39, 0.29) is 31.3 Å². The number of nitrogens with one attached hydrogen (secondary N) is 1. The maximum atomic E-state index is 12.4. The number of carbonyl (C=O) groups excluding carboxylic acids is 2. The second-order valence-corrected chi connectivity index (χ2v) is 6.19. The highest BCUT2D eigenvalue weighted by Crippen LogP contribution is 2.49. The summed E-state index contributed by atoms with van der Waals surface area (Å²) in [5, 5.41) is 2.65. The SMILES string of the molecule is CCOP(=O)(CN(C(C)=O)C1CCNC1=O)OCC. The van der Waals surface area contributed by atoms with Gasteiger partial charge in [-0.25, -0.2) is 0 Å². The Hall–Kier alpha value is -0.910. The van der Waals surface area contributed by atoms with Gasteiger partial charge in [-0.1, -0.05) is 0 Å². The third kappa shape index (κ3) is 4.30. The monoisotopic (exact) mass is 292 g/mol. The van der Waals surface area contributed by atoms with Gasteiger partial charge in [0.2, 0.25) is 11.8 Å². The number of amides is 2. The minimum absolute atomic E-state index is 0.192. The van der Waals surface area contributed by atoms with Crippen LogP contribution >= 0.6 is 7.60 Å². The molecule has 1 aliphatic rings. The minimum atomic E-state index is -3.38. The van der Waals surface area contributed by atoms with Gasteiger partial charge in [-0.15, -0.1) is 0 Å². The molecule has 1 N–H and O–H groups in total. The van der Waals surface area contributed by atoms with Crippen LogP contribution in [0.15, 0.2) is 0 Å². The fraction of sp³-hybridized carbons (Fsp3) is 0.818. The van der Waals surface area contributed by atoms with Crippen LogP contribution in [0.3, 0.4) is 0 Å². The normalized spacial score (nSPS) is 19.3. The summed E-state index contributed by atoms with van der Waals surface area (Å²) in [6.45, 7) is 5.70. The Balaban J connectivity index is 2.84. The van der Waals surface area contributed by atoms with E-state index in [1.807, 2.05) is 0 Å². The molecule has 1 unspecified atom stereocenters. The predicted molar refractivity (Wildman–Crippen MR) is 69.7 cm³/mol. The average Bonchev–Trinajstić information content (AvgIpc) is 2.73. The van der Waals surface area contributed by atoms with E-state index in [0.717, 1.165) is 0 Å². The van der Waals surface area contributed by atoms with Crippen molar-refractivity contribution in [3.8, 4) is 0 Å². The summed E-state index contributed by atoms with van der Waals surface area (Å²) in [4.78, 5) is 24.6. The zero-order valence-electron chi connectivity index (χ0n) is 11.5. The Morgan fingerprint density at radius 3 is 2.37 bits per heavy atom. The van der Waals surface area contributed by atoms with Crippen molar-refractivity contribution in [2.45, 2.75) is 33.2 Å². The molecule has 1 aliphatic heterocycles. The first-order valence-electron chi connectivity index (χ1n) is 6.36. The van der Waals surface area contributed by atoms with Crippen LogP contribution in [0.1, 0.15) is 27.2 Å². The van der Waals surface area contributed by atoms with Crippen LogP contribution in [0.4, 0.5) is 0 Å². The van der Waals surface area contributed by atoms with E-state index in [1.54, 1.807) is 13.8 Å². The van der Waals surface area contributed by atoms with Gasteiger partial charge >= 0.3 is 7.60 Å². The van der Waals surface area contributed by atoms with Crippen LogP contribution in [0.2, 0.25) is 0 Å². The van der Waals surface area contributed by atoms with Crippen LogP contribution in [0.25, 0.3) is 0 Å². The van der Waals surface area contributed by atoms with Gasteiger partial charge in [0, 0.05) is 13.5 Å². The molecule has 1 heterocycles. The van der Waals surface area contributed by atoms with Gasteiger partial charge in [0.15, 0.2) is 0 Å². The molecule has 19 heavy (non-hydrogen) atoms. The molecule has 0 aromatic rings. The fourth-order valence-electron chi connectivity index (χ4n) is 1.99. The molecule has 0 aromatic heterocycles. The van der Waals surface area contributed by atoms with E-state index in [4.69, 9.17) is 9.05 Å². The third-order valence-corrected chi connectivity index (χ3v) is 4.73. The summed E-state index contributed by atoms with van der Waals surface area (Å²) in [6, 6.07) is -0.591. The van der Waals surface area contributed by atoms with Gasteiger partial charge in [-0.2, -0.15) is 0 Å². The van der Waals surface area contributed by atoms with Crippen LogP contribution < -0.4 is 5.32 Å². The Labute approximate surface area is 113 Å². The molecule has 2 amide bonds. The van der Waals surface area contributed by atoms with Crippen LogP contribution in [-0.4, -0.2) is 48.8 Å². The van der Waals surface area contributed by atoms with Gasteiger partial charge < -0.3 is 19.3 Å². The Morgan fingerprint density at radius 1 is 1.42 bits per heavy atom. The predicted octanol–water partition coefficient (Wildman–Crippen LogP) is 0.947. The van der Waals surface area contributed by atoms with Gasteiger partial charge in [0.05, 0.1) is 13.2 Å². The van der Waals surface area contributed by atoms with Crippen LogP contribution in [0, 0.1) is 0 Å². The molecular weight excluding hydrogens is 271 g/mol. The lowest BCUT2D eigenvalue weighted by atomic mass is 10.2. The molecular formula is C11H21N2O5P. The van der Waals surface area contributed by atoms with Crippen molar-refractivity contribution in [3.05, 3.63) is 0 Å². The Kier molecular flexibility index (Phi) is 5.97. The van der Waals surface area contributed by atoms with Crippen molar-refractivity contribution in [1.82, 2.24) is 10.2 Å². The van der Waals surface area contributed by atoms with E-state index in [2.05, 4.69) is 5.32 Å². The smallest absolute Gasteiger partial charge is 0.349 e. The summed E-state index contributed by atoms with van der Waals surface area (Å²) in [7, 11) is -3.38. The highest BCUT2D eigenvalue weighted by atomic mass is 31.2.